The van der Waals surface area contributed by atoms with Gasteiger partial charge < -0.3 is 4.90 Å². The van der Waals surface area contributed by atoms with E-state index in [1.54, 1.807) is 5.06 Å². The van der Waals surface area contributed by atoms with Gasteiger partial charge in [0.15, 0.2) is 0 Å². The molecule has 2 heterocycles. The SMILES string of the molecule is O=C1CC[C@@H](C(=O)N2CCCCO2)CN1CC1CCCCC1. The van der Waals surface area contributed by atoms with Gasteiger partial charge in [0.2, 0.25) is 5.91 Å². The first-order valence-corrected chi connectivity index (χ1v) is 8.96. The Morgan fingerprint density at radius 1 is 1.09 bits per heavy atom. The zero-order chi connectivity index (χ0) is 15.4. The standard InChI is InChI=1S/C17H28N2O3/c20-16-9-8-15(17(21)19-10-4-5-11-22-19)13-18(16)12-14-6-2-1-3-7-14/h14-15H,1-13H2/t15-/m1/s1. The summed E-state index contributed by atoms with van der Waals surface area (Å²) in [6.07, 6.45) is 9.61. The molecule has 3 fully saturated rings. The molecule has 0 unspecified atom stereocenters. The van der Waals surface area contributed by atoms with E-state index < -0.39 is 0 Å². The van der Waals surface area contributed by atoms with Crippen LogP contribution in [0.3, 0.4) is 0 Å². The van der Waals surface area contributed by atoms with Crippen LogP contribution in [0.15, 0.2) is 0 Å². The highest BCUT2D eigenvalue weighted by atomic mass is 16.7. The van der Waals surface area contributed by atoms with Crippen LogP contribution in [0.4, 0.5) is 0 Å². The van der Waals surface area contributed by atoms with Crippen molar-refractivity contribution in [1.82, 2.24) is 9.96 Å². The van der Waals surface area contributed by atoms with Crippen LogP contribution in [0.5, 0.6) is 0 Å². The van der Waals surface area contributed by atoms with E-state index in [0.29, 0.717) is 38.5 Å². The van der Waals surface area contributed by atoms with E-state index in [2.05, 4.69) is 0 Å². The average Bonchev–Trinajstić information content (AvgIpc) is 2.58. The lowest BCUT2D eigenvalue weighted by Crippen LogP contribution is -2.49. The summed E-state index contributed by atoms with van der Waals surface area (Å²) in [5.74, 6) is 0.882. The molecule has 124 valence electrons. The Morgan fingerprint density at radius 2 is 1.91 bits per heavy atom. The highest BCUT2D eigenvalue weighted by Gasteiger charge is 2.34. The molecule has 0 spiro atoms. The maximum atomic E-state index is 12.6. The van der Waals surface area contributed by atoms with Crippen molar-refractivity contribution in [1.29, 1.82) is 0 Å². The van der Waals surface area contributed by atoms with Crippen LogP contribution in [0.1, 0.15) is 57.8 Å². The number of hydrogen-bond donors (Lipinski definition) is 0. The fourth-order valence-electron chi connectivity index (χ4n) is 3.95. The van der Waals surface area contributed by atoms with E-state index in [9.17, 15) is 9.59 Å². The number of hydroxylamine groups is 2. The number of carbonyl (C=O) groups excluding carboxylic acids is 2. The predicted octanol–water partition coefficient (Wildman–Crippen LogP) is 2.36. The molecular formula is C17H28N2O3. The number of carbonyl (C=O) groups is 2. The third-order valence-corrected chi connectivity index (χ3v) is 5.30. The third kappa shape index (κ3) is 3.80. The molecule has 2 amide bonds. The fourth-order valence-corrected chi connectivity index (χ4v) is 3.95. The summed E-state index contributed by atoms with van der Waals surface area (Å²) in [7, 11) is 0. The second kappa shape index (κ2) is 7.44. The van der Waals surface area contributed by atoms with Gasteiger partial charge in [-0.2, -0.15) is 0 Å². The first-order chi connectivity index (χ1) is 10.7. The predicted molar refractivity (Wildman–Crippen MR) is 82.8 cm³/mol. The molecule has 3 aliphatic rings. The molecule has 3 rings (SSSR count). The van der Waals surface area contributed by atoms with Crippen LogP contribution < -0.4 is 0 Å². The minimum absolute atomic E-state index is 0.0700. The molecule has 5 heteroatoms. The van der Waals surface area contributed by atoms with Gasteiger partial charge in [0.05, 0.1) is 12.5 Å². The maximum absolute atomic E-state index is 12.6. The second-order valence-corrected chi connectivity index (χ2v) is 7.02. The molecule has 0 N–H and O–H groups in total. The minimum atomic E-state index is -0.0700. The number of likely N-dealkylation sites (tertiary alicyclic amines) is 1. The Kier molecular flexibility index (Phi) is 5.34. The van der Waals surface area contributed by atoms with E-state index in [1.807, 2.05) is 4.90 Å². The highest BCUT2D eigenvalue weighted by Crippen LogP contribution is 2.27. The highest BCUT2D eigenvalue weighted by molar-refractivity contribution is 5.83. The van der Waals surface area contributed by atoms with Crippen LogP contribution in [0.25, 0.3) is 0 Å². The fraction of sp³-hybridized carbons (Fsp3) is 0.882. The van der Waals surface area contributed by atoms with Gasteiger partial charge in [0.25, 0.3) is 5.91 Å². The molecule has 22 heavy (non-hydrogen) atoms. The maximum Gasteiger partial charge on any atom is 0.251 e. The molecular weight excluding hydrogens is 280 g/mol. The molecule has 0 aromatic carbocycles. The molecule has 1 saturated carbocycles. The third-order valence-electron chi connectivity index (χ3n) is 5.30. The van der Waals surface area contributed by atoms with E-state index in [0.717, 1.165) is 19.4 Å². The van der Waals surface area contributed by atoms with Crippen LogP contribution in [0, 0.1) is 11.8 Å². The number of nitrogens with zero attached hydrogens (tertiary/aromatic N) is 2. The normalized spacial score (nSPS) is 28.0. The lowest BCUT2D eigenvalue weighted by atomic mass is 9.87. The Balaban J connectivity index is 1.55. The summed E-state index contributed by atoms with van der Waals surface area (Å²) in [6, 6.07) is 0. The molecule has 0 bridgehead atoms. The van der Waals surface area contributed by atoms with E-state index in [-0.39, 0.29) is 17.7 Å². The van der Waals surface area contributed by atoms with Crippen molar-refractivity contribution in [3.8, 4) is 0 Å². The summed E-state index contributed by atoms with van der Waals surface area (Å²) in [4.78, 5) is 32.2. The zero-order valence-electron chi connectivity index (χ0n) is 13.5. The molecule has 5 nitrogen and oxygen atoms in total. The van der Waals surface area contributed by atoms with Gasteiger partial charge >= 0.3 is 0 Å². The summed E-state index contributed by atoms with van der Waals surface area (Å²) in [5.41, 5.74) is 0. The summed E-state index contributed by atoms with van der Waals surface area (Å²) in [5, 5.41) is 1.54. The van der Waals surface area contributed by atoms with E-state index in [4.69, 9.17) is 4.84 Å². The van der Waals surface area contributed by atoms with Gasteiger partial charge in [-0.1, -0.05) is 19.3 Å². The van der Waals surface area contributed by atoms with Crippen LogP contribution in [-0.2, 0) is 14.4 Å². The van der Waals surface area contributed by atoms with Gasteiger partial charge in [-0.25, -0.2) is 5.06 Å². The van der Waals surface area contributed by atoms with Crippen molar-refractivity contribution in [2.24, 2.45) is 11.8 Å². The topological polar surface area (TPSA) is 49.9 Å². The first kappa shape index (κ1) is 15.8. The number of amides is 2. The number of rotatable bonds is 3. The van der Waals surface area contributed by atoms with Crippen molar-refractivity contribution in [3.05, 3.63) is 0 Å². The quantitative estimate of drug-likeness (QED) is 0.804. The van der Waals surface area contributed by atoms with Gasteiger partial charge in [-0.15, -0.1) is 0 Å². The molecule has 1 atom stereocenters. The molecule has 2 saturated heterocycles. The number of hydrogen-bond acceptors (Lipinski definition) is 3. The van der Waals surface area contributed by atoms with Crippen molar-refractivity contribution < 1.29 is 14.4 Å². The van der Waals surface area contributed by atoms with Crippen LogP contribution in [0.2, 0.25) is 0 Å². The lowest BCUT2D eigenvalue weighted by Gasteiger charge is -2.37. The van der Waals surface area contributed by atoms with Gasteiger partial charge in [0.1, 0.15) is 0 Å². The molecule has 2 aliphatic heterocycles. The Morgan fingerprint density at radius 3 is 2.64 bits per heavy atom. The van der Waals surface area contributed by atoms with E-state index >= 15 is 0 Å². The Hall–Kier alpha value is -1.10. The minimum Gasteiger partial charge on any atom is -0.342 e. The monoisotopic (exact) mass is 308 g/mol. The molecule has 0 radical (unpaired) electrons. The van der Waals surface area contributed by atoms with Crippen molar-refractivity contribution in [3.63, 3.8) is 0 Å². The average molecular weight is 308 g/mol. The molecule has 0 aromatic rings. The Labute approximate surface area is 132 Å². The summed E-state index contributed by atoms with van der Waals surface area (Å²) in [6.45, 7) is 2.78. The van der Waals surface area contributed by atoms with Crippen molar-refractivity contribution >= 4 is 11.8 Å². The summed E-state index contributed by atoms with van der Waals surface area (Å²) < 4.78 is 0. The van der Waals surface area contributed by atoms with Crippen LogP contribution in [-0.4, -0.2) is 48.0 Å². The zero-order valence-corrected chi connectivity index (χ0v) is 13.5. The van der Waals surface area contributed by atoms with Gasteiger partial charge in [-0.05, 0) is 38.0 Å². The van der Waals surface area contributed by atoms with Gasteiger partial charge in [0, 0.05) is 26.1 Å². The van der Waals surface area contributed by atoms with Crippen molar-refractivity contribution in [2.75, 3.05) is 26.2 Å². The molecule has 1 aliphatic carbocycles. The van der Waals surface area contributed by atoms with E-state index in [1.165, 1.54) is 32.1 Å². The molecule has 0 aromatic heterocycles. The second-order valence-electron chi connectivity index (χ2n) is 7.02. The first-order valence-electron chi connectivity index (χ1n) is 8.96. The number of piperidine rings is 1. The van der Waals surface area contributed by atoms with Crippen molar-refractivity contribution in [2.45, 2.75) is 57.8 Å². The Bertz CT molecular complexity index is 401. The van der Waals surface area contributed by atoms with Crippen LogP contribution >= 0.6 is 0 Å². The summed E-state index contributed by atoms with van der Waals surface area (Å²) >= 11 is 0. The van der Waals surface area contributed by atoms with Gasteiger partial charge in [-0.3, -0.25) is 14.4 Å². The smallest absolute Gasteiger partial charge is 0.251 e. The largest absolute Gasteiger partial charge is 0.342 e. The lowest BCUT2D eigenvalue weighted by molar-refractivity contribution is -0.202.